The van der Waals surface area contributed by atoms with Gasteiger partial charge in [0, 0.05) is 5.56 Å². The zero-order chi connectivity index (χ0) is 14.8. The largest absolute Gasteiger partial charge is 0.228 e. The molecule has 0 atom stereocenters. The van der Waals surface area contributed by atoms with Gasteiger partial charge in [-0.1, -0.05) is 42.0 Å². The van der Waals surface area contributed by atoms with Gasteiger partial charge in [-0.3, -0.25) is 0 Å². The highest BCUT2D eigenvalue weighted by Crippen LogP contribution is 2.18. The number of rotatable bonds is 4. The molecule has 0 saturated carbocycles. The van der Waals surface area contributed by atoms with Crippen LogP contribution in [0.3, 0.4) is 0 Å². The zero-order valence-corrected chi connectivity index (χ0v) is 12.4. The van der Waals surface area contributed by atoms with Gasteiger partial charge in [-0.15, -0.1) is 0 Å². The van der Waals surface area contributed by atoms with E-state index < -0.39 is 15.7 Å². The molecule has 0 fully saturated rings. The fraction of sp³-hybridized carbons (Fsp3) is 0.250. The van der Waals surface area contributed by atoms with Crippen molar-refractivity contribution in [2.75, 3.05) is 0 Å². The van der Waals surface area contributed by atoms with Crippen molar-refractivity contribution >= 4 is 9.84 Å². The molecule has 0 aliphatic heterocycles. The van der Waals surface area contributed by atoms with Crippen LogP contribution in [0.25, 0.3) is 0 Å². The lowest BCUT2D eigenvalue weighted by atomic mass is 10.1. The molecule has 0 bridgehead atoms. The molecule has 0 heterocycles. The smallest absolute Gasteiger partial charge is 0.158 e. The molecule has 20 heavy (non-hydrogen) atoms. The quantitative estimate of drug-likeness (QED) is 0.863. The molecule has 0 amide bonds. The molecule has 0 radical (unpaired) electrons. The lowest BCUT2D eigenvalue weighted by molar-refractivity contribution is 0.586. The molecular weight excluding hydrogens is 275 g/mol. The van der Waals surface area contributed by atoms with Gasteiger partial charge in [0.25, 0.3) is 0 Å². The highest BCUT2D eigenvalue weighted by atomic mass is 32.2. The van der Waals surface area contributed by atoms with Crippen LogP contribution in [-0.2, 0) is 21.3 Å². The molecular formula is C16H17FO2S. The fourth-order valence-electron chi connectivity index (χ4n) is 2.10. The first-order valence-corrected chi connectivity index (χ1v) is 8.19. The monoisotopic (exact) mass is 292 g/mol. The maximum Gasteiger partial charge on any atom is 0.158 e. The molecule has 0 unspecified atom stereocenters. The average molecular weight is 292 g/mol. The third kappa shape index (κ3) is 3.67. The van der Waals surface area contributed by atoms with Crippen LogP contribution in [0.1, 0.15) is 22.3 Å². The third-order valence-corrected chi connectivity index (χ3v) is 4.71. The highest BCUT2D eigenvalue weighted by molar-refractivity contribution is 7.89. The summed E-state index contributed by atoms with van der Waals surface area (Å²) >= 11 is 0. The number of aryl methyl sites for hydroxylation is 2. The van der Waals surface area contributed by atoms with Gasteiger partial charge in [-0.2, -0.15) is 0 Å². The first-order valence-electron chi connectivity index (χ1n) is 6.37. The van der Waals surface area contributed by atoms with Crippen molar-refractivity contribution in [2.24, 2.45) is 0 Å². The van der Waals surface area contributed by atoms with Crippen molar-refractivity contribution in [1.82, 2.24) is 0 Å². The van der Waals surface area contributed by atoms with E-state index in [-0.39, 0.29) is 17.1 Å². The van der Waals surface area contributed by atoms with Gasteiger partial charge in [-0.25, -0.2) is 12.8 Å². The predicted molar refractivity (Wildman–Crippen MR) is 78.6 cm³/mol. The maximum atomic E-state index is 13.5. The minimum Gasteiger partial charge on any atom is -0.228 e. The summed E-state index contributed by atoms with van der Waals surface area (Å²) in [5.41, 5.74) is 2.96. The minimum absolute atomic E-state index is 0.0607. The van der Waals surface area contributed by atoms with Crippen LogP contribution >= 0.6 is 0 Å². The fourth-order valence-corrected chi connectivity index (χ4v) is 3.69. The normalized spacial score (nSPS) is 11.6. The molecule has 2 aromatic rings. The van der Waals surface area contributed by atoms with Crippen molar-refractivity contribution < 1.29 is 12.8 Å². The Hall–Kier alpha value is -1.68. The molecule has 0 aliphatic carbocycles. The molecule has 0 spiro atoms. The van der Waals surface area contributed by atoms with Crippen molar-refractivity contribution in [3.8, 4) is 0 Å². The van der Waals surface area contributed by atoms with Crippen LogP contribution in [0, 0.1) is 19.7 Å². The Bertz CT molecular complexity index is 721. The van der Waals surface area contributed by atoms with Gasteiger partial charge in [0.1, 0.15) is 5.82 Å². The van der Waals surface area contributed by atoms with Gasteiger partial charge >= 0.3 is 0 Å². The summed E-state index contributed by atoms with van der Waals surface area (Å²) in [6.45, 7) is 3.81. The van der Waals surface area contributed by atoms with Gasteiger partial charge in [0.15, 0.2) is 9.84 Å². The van der Waals surface area contributed by atoms with E-state index in [0.29, 0.717) is 0 Å². The number of hydrogen-bond donors (Lipinski definition) is 0. The minimum atomic E-state index is -3.39. The van der Waals surface area contributed by atoms with E-state index in [0.717, 1.165) is 16.7 Å². The summed E-state index contributed by atoms with van der Waals surface area (Å²) in [6, 6.07) is 11.7. The Morgan fingerprint density at radius 1 is 0.950 bits per heavy atom. The van der Waals surface area contributed by atoms with Gasteiger partial charge in [0.2, 0.25) is 0 Å². The second kappa shape index (κ2) is 5.75. The lowest BCUT2D eigenvalue weighted by Gasteiger charge is -2.09. The van der Waals surface area contributed by atoms with Crippen molar-refractivity contribution in [3.05, 3.63) is 70.5 Å². The Kier molecular flexibility index (Phi) is 4.23. The van der Waals surface area contributed by atoms with E-state index in [1.54, 1.807) is 12.1 Å². The molecule has 0 aromatic heterocycles. The number of halogens is 1. The SMILES string of the molecule is Cc1ccc(C)c(CS(=O)(=O)Cc2ccccc2F)c1. The second-order valence-corrected chi connectivity index (χ2v) is 7.12. The predicted octanol–water partition coefficient (Wildman–Crippen LogP) is 3.56. The molecule has 106 valence electrons. The Morgan fingerprint density at radius 3 is 2.30 bits per heavy atom. The second-order valence-electron chi connectivity index (χ2n) is 5.05. The van der Waals surface area contributed by atoms with Crippen LogP contribution in [0.2, 0.25) is 0 Å². The maximum absolute atomic E-state index is 13.5. The standard InChI is InChI=1S/C16H17FO2S/c1-12-7-8-13(2)15(9-12)11-20(18,19)10-14-5-3-4-6-16(14)17/h3-9H,10-11H2,1-2H3. The van der Waals surface area contributed by atoms with Gasteiger partial charge in [-0.05, 0) is 31.0 Å². The van der Waals surface area contributed by atoms with Crippen LogP contribution in [0.15, 0.2) is 42.5 Å². The average Bonchev–Trinajstić information content (AvgIpc) is 2.36. The molecule has 0 saturated heterocycles. The van der Waals surface area contributed by atoms with Crippen molar-refractivity contribution in [3.63, 3.8) is 0 Å². The third-order valence-electron chi connectivity index (χ3n) is 3.21. The number of benzene rings is 2. The molecule has 2 rings (SSSR count). The van der Waals surface area contributed by atoms with Crippen LogP contribution in [0.4, 0.5) is 4.39 Å². The zero-order valence-electron chi connectivity index (χ0n) is 11.6. The summed E-state index contributed by atoms with van der Waals surface area (Å²) in [5, 5.41) is 0. The van der Waals surface area contributed by atoms with Gasteiger partial charge in [0.05, 0.1) is 11.5 Å². The van der Waals surface area contributed by atoms with E-state index in [1.807, 2.05) is 32.0 Å². The molecule has 4 heteroatoms. The summed E-state index contributed by atoms with van der Waals surface area (Å²) in [7, 11) is -3.39. The van der Waals surface area contributed by atoms with Crippen LogP contribution in [-0.4, -0.2) is 8.42 Å². The van der Waals surface area contributed by atoms with E-state index in [4.69, 9.17) is 0 Å². The van der Waals surface area contributed by atoms with E-state index in [1.165, 1.54) is 12.1 Å². The van der Waals surface area contributed by atoms with Crippen LogP contribution in [0.5, 0.6) is 0 Å². The van der Waals surface area contributed by atoms with Crippen LogP contribution < -0.4 is 0 Å². The van der Waals surface area contributed by atoms with Crippen molar-refractivity contribution in [2.45, 2.75) is 25.4 Å². The topological polar surface area (TPSA) is 34.1 Å². The number of hydrogen-bond acceptors (Lipinski definition) is 2. The molecule has 2 aromatic carbocycles. The van der Waals surface area contributed by atoms with E-state index >= 15 is 0 Å². The molecule has 0 aliphatic rings. The highest BCUT2D eigenvalue weighted by Gasteiger charge is 2.16. The van der Waals surface area contributed by atoms with Gasteiger partial charge < -0.3 is 0 Å². The Labute approximate surface area is 119 Å². The first-order chi connectivity index (χ1) is 9.37. The Balaban J connectivity index is 2.24. The summed E-state index contributed by atoms with van der Waals surface area (Å²) < 4.78 is 38.0. The molecule has 2 nitrogen and oxygen atoms in total. The summed E-state index contributed by atoms with van der Waals surface area (Å²) in [5.74, 6) is -0.806. The van der Waals surface area contributed by atoms with E-state index in [9.17, 15) is 12.8 Å². The van der Waals surface area contributed by atoms with E-state index in [2.05, 4.69) is 0 Å². The summed E-state index contributed by atoms with van der Waals surface area (Å²) in [6.07, 6.45) is 0. The summed E-state index contributed by atoms with van der Waals surface area (Å²) in [4.78, 5) is 0. The number of sulfone groups is 1. The Morgan fingerprint density at radius 2 is 1.60 bits per heavy atom. The lowest BCUT2D eigenvalue weighted by Crippen LogP contribution is -2.10. The first kappa shape index (κ1) is 14.7. The van der Waals surface area contributed by atoms with Crippen molar-refractivity contribution in [1.29, 1.82) is 0 Å². The molecule has 0 N–H and O–H groups in total.